The molecule has 40 heavy (non-hydrogen) atoms. The average molecular weight is 561 g/mol. The molecule has 4 aromatic rings. The maximum absolute atomic E-state index is 13.1. The Hall–Kier alpha value is -4.03. The molecular weight excluding hydrogens is 528 g/mol. The molecule has 0 radical (unpaired) electrons. The minimum atomic E-state index is -0.228. The third-order valence-corrected chi connectivity index (χ3v) is 8.35. The van der Waals surface area contributed by atoms with Gasteiger partial charge in [0.1, 0.15) is 16.9 Å². The first-order valence-corrected chi connectivity index (χ1v) is 14.3. The highest BCUT2D eigenvalue weighted by Gasteiger charge is 2.33. The quantitative estimate of drug-likeness (QED) is 0.308. The number of nitrogens with one attached hydrogen (secondary N) is 3. The summed E-state index contributed by atoms with van der Waals surface area (Å²) in [4.78, 5) is 39.5. The number of nitrogens with zero attached hydrogens (tertiary/aromatic N) is 5. The van der Waals surface area contributed by atoms with Crippen LogP contribution >= 0.6 is 11.3 Å². The van der Waals surface area contributed by atoms with Gasteiger partial charge in [0.2, 0.25) is 5.91 Å². The number of H-pyrrole nitrogens is 1. The number of anilines is 2. The molecule has 0 saturated carbocycles. The van der Waals surface area contributed by atoms with Crippen molar-refractivity contribution in [3.63, 3.8) is 0 Å². The van der Waals surface area contributed by atoms with Gasteiger partial charge in [-0.2, -0.15) is 5.10 Å². The Balaban J connectivity index is 1.11. The van der Waals surface area contributed by atoms with E-state index in [-0.39, 0.29) is 23.8 Å². The lowest BCUT2D eigenvalue weighted by Gasteiger charge is -2.30. The van der Waals surface area contributed by atoms with E-state index in [4.69, 9.17) is 4.74 Å². The molecule has 2 amide bonds. The van der Waals surface area contributed by atoms with Crippen LogP contribution in [0.2, 0.25) is 0 Å². The fourth-order valence-electron chi connectivity index (χ4n) is 5.28. The molecule has 2 aliphatic heterocycles. The second kappa shape index (κ2) is 11.2. The molecule has 0 aliphatic carbocycles. The second-order valence-corrected chi connectivity index (χ2v) is 11.7. The number of thiazole rings is 1. The molecule has 0 bridgehead atoms. The third-order valence-electron chi connectivity index (χ3n) is 7.52. The van der Waals surface area contributed by atoms with Crippen LogP contribution in [0.15, 0.2) is 42.7 Å². The molecule has 2 aliphatic rings. The summed E-state index contributed by atoms with van der Waals surface area (Å²) in [5, 5.41) is 15.1. The number of aromatic nitrogens is 4. The minimum absolute atomic E-state index is 0.0918. The number of hydrogen-bond donors (Lipinski definition) is 3. The summed E-state index contributed by atoms with van der Waals surface area (Å²) in [7, 11) is 2.11. The van der Waals surface area contributed by atoms with Crippen molar-refractivity contribution in [3.05, 3.63) is 53.2 Å². The predicted octanol–water partition coefficient (Wildman–Crippen LogP) is 4.12. The zero-order valence-corrected chi connectivity index (χ0v) is 23.3. The van der Waals surface area contributed by atoms with Crippen molar-refractivity contribution < 1.29 is 14.3 Å². The Morgan fingerprint density at radius 3 is 2.62 bits per heavy atom. The summed E-state index contributed by atoms with van der Waals surface area (Å²) >= 11 is 1.43. The van der Waals surface area contributed by atoms with Crippen molar-refractivity contribution in [3.8, 4) is 11.5 Å². The van der Waals surface area contributed by atoms with Gasteiger partial charge >= 0.3 is 0 Å². The summed E-state index contributed by atoms with van der Waals surface area (Å²) in [5.41, 5.74) is 1.11. The van der Waals surface area contributed by atoms with Gasteiger partial charge in [-0.15, -0.1) is 11.3 Å². The van der Waals surface area contributed by atoms with Crippen molar-refractivity contribution >= 4 is 45.1 Å². The molecule has 2 saturated heterocycles. The number of aromatic amines is 1. The highest BCUT2D eigenvalue weighted by atomic mass is 32.1. The number of fused-ring (bicyclic) bond motifs is 1. The van der Waals surface area contributed by atoms with E-state index in [9.17, 15) is 9.59 Å². The van der Waals surface area contributed by atoms with Crippen LogP contribution in [0.4, 0.5) is 10.9 Å². The molecule has 1 unspecified atom stereocenters. The topological polar surface area (TPSA) is 128 Å². The summed E-state index contributed by atoms with van der Waals surface area (Å²) in [5.74, 6) is 1.99. The predicted molar refractivity (Wildman–Crippen MR) is 154 cm³/mol. The van der Waals surface area contributed by atoms with Gasteiger partial charge in [-0.3, -0.25) is 20.0 Å². The number of piperidine rings is 1. The van der Waals surface area contributed by atoms with E-state index in [1.54, 1.807) is 42.7 Å². The number of amides is 2. The van der Waals surface area contributed by atoms with E-state index < -0.39 is 0 Å². The lowest BCUT2D eigenvalue weighted by Crippen LogP contribution is -2.41. The van der Waals surface area contributed by atoms with Crippen LogP contribution in [0.1, 0.15) is 34.5 Å². The van der Waals surface area contributed by atoms with Crippen molar-refractivity contribution in [2.75, 3.05) is 43.9 Å². The first-order chi connectivity index (χ1) is 19.4. The molecule has 5 heterocycles. The molecule has 12 heteroatoms. The molecule has 3 N–H and O–H groups in total. The van der Waals surface area contributed by atoms with Crippen LogP contribution in [0, 0.1) is 12.8 Å². The lowest BCUT2D eigenvalue weighted by molar-refractivity contribution is -0.135. The van der Waals surface area contributed by atoms with Gasteiger partial charge in [-0.05, 0) is 70.6 Å². The second-order valence-electron chi connectivity index (χ2n) is 10.5. The highest BCUT2D eigenvalue weighted by Crippen LogP contribution is 2.34. The number of aryl methyl sites for hydroxylation is 1. The summed E-state index contributed by atoms with van der Waals surface area (Å²) in [6, 6.07) is 8.82. The van der Waals surface area contributed by atoms with Crippen molar-refractivity contribution in [1.82, 2.24) is 30.0 Å². The molecule has 1 aromatic carbocycles. The van der Waals surface area contributed by atoms with E-state index in [0.717, 1.165) is 49.2 Å². The summed E-state index contributed by atoms with van der Waals surface area (Å²) < 4.78 is 6.21. The van der Waals surface area contributed by atoms with E-state index >= 15 is 0 Å². The van der Waals surface area contributed by atoms with E-state index in [1.165, 1.54) is 11.3 Å². The lowest BCUT2D eigenvalue weighted by atomic mass is 9.96. The van der Waals surface area contributed by atoms with Gasteiger partial charge in [-0.25, -0.2) is 9.97 Å². The van der Waals surface area contributed by atoms with E-state index in [1.807, 2.05) is 11.8 Å². The van der Waals surface area contributed by atoms with Crippen LogP contribution in [0.5, 0.6) is 11.5 Å². The fourth-order valence-corrected chi connectivity index (χ4v) is 5.94. The highest BCUT2D eigenvalue weighted by molar-refractivity contribution is 7.15. The van der Waals surface area contributed by atoms with E-state index in [0.29, 0.717) is 40.2 Å². The number of pyridine rings is 1. The number of rotatable bonds is 7. The molecule has 6 rings (SSSR count). The van der Waals surface area contributed by atoms with Gasteiger partial charge in [-0.1, -0.05) is 0 Å². The third kappa shape index (κ3) is 5.63. The number of ether oxygens (including phenoxy) is 1. The monoisotopic (exact) mass is 560 g/mol. The smallest absolute Gasteiger partial charge is 0.257 e. The molecule has 3 aromatic heterocycles. The Kier molecular flexibility index (Phi) is 7.35. The van der Waals surface area contributed by atoms with Gasteiger partial charge < -0.3 is 19.9 Å². The number of carbonyl (C=O) groups excluding carboxylic acids is 2. The van der Waals surface area contributed by atoms with Crippen LogP contribution < -0.4 is 15.4 Å². The summed E-state index contributed by atoms with van der Waals surface area (Å²) in [6.45, 7) is 5.29. The maximum Gasteiger partial charge on any atom is 0.257 e. The van der Waals surface area contributed by atoms with Crippen LogP contribution in [0.3, 0.4) is 0 Å². The average Bonchev–Trinajstić information content (AvgIpc) is 3.70. The minimum Gasteiger partial charge on any atom is -0.456 e. The SMILES string of the molecule is Cc1cnc(NC(=O)c2ccc(Oc3ccnc4[nH]nc(NC5CCN(C(=O)C6CCN(C)CC6)C5)c34)cc2)s1. The first kappa shape index (κ1) is 26.2. The Bertz CT molecular complexity index is 1510. The normalized spacial score (nSPS) is 18.2. The maximum atomic E-state index is 13.1. The number of hydrogen-bond acceptors (Lipinski definition) is 9. The van der Waals surface area contributed by atoms with Gasteiger partial charge in [0.15, 0.2) is 16.6 Å². The molecule has 208 valence electrons. The molecule has 0 spiro atoms. The van der Waals surface area contributed by atoms with Gasteiger partial charge in [0.05, 0.1) is 0 Å². The van der Waals surface area contributed by atoms with Crippen LogP contribution in [-0.4, -0.2) is 81.0 Å². The first-order valence-electron chi connectivity index (χ1n) is 13.5. The van der Waals surface area contributed by atoms with Crippen molar-refractivity contribution in [1.29, 1.82) is 0 Å². The number of benzene rings is 1. The van der Waals surface area contributed by atoms with Gasteiger partial charge in [0.25, 0.3) is 5.91 Å². The zero-order chi connectivity index (χ0) is 27.6. The fraction of sp³-hybridized carbons (Fsp3) is 0.393. The Labute approximate surface area is 235 Å². The number of carbonyl (C=O) groups is 2. The standard InChI is InChI=1S/C28H32N8O3S/c1-17-15-30-28(40-17)32-26(37)18-3-5-21(6-4-18)39-22-7-11-29-24-23(22)25(34-33-24)31-20-10-14-36(16-20)27(38)19-8-12-35(2)13-9-19/h3-7,11,15,19-20H,8-10,12-14,16H2,1-2H3,(H,30,32,37)(H2,29,31,33,34). The summed E-state index contributed by atoms with van der Waals surface area (Å²) in [6.07, 6.45) is 6.10. The van der Waals surface area contributed by atoms with Crippen LogP contribution in [-0.2, 0) is 4.79 Å². The molecule has 1 atom stereocenters. The van der Waals surface area contributed by atoms with E-state index in [2.05, 4.69) is 42.7 Å². The number of likely N-dealkylation sites (tertiary alicyclic amines) is 2. The molecular formula is C28H32N8O3S. The van der Waals surface area contributed by atoms with Crippen molar-refractivity contribution in [2.45, 2.75) is 32.2 Å². The van der Waals surface area contributed by atoms with Crippen LogP contribution in [0.25, 0.3) is 11.0 Å². The van der Waals surface area contributed by atoms with Crippen molar-refractivity contribution in [2.24, 2.45) is 5.92 Å². The molecule has 11 nitrogen and oxygen atoms in total. The Morgan fingerprint density at radius 2 is 1.88 bits per heavy atom. The largest absolute Gasteiger partial charge is 0.456 e. The van der Waals surface area contributed by atoms with Gasteiger partial charge in [0, 0.05) is 53.9 Å². The Morgan fingerprint density at radius 1 is 1.07 bits per heavy atom. The molecule has 2 fully saturated rings. The zero-order valence-electron chi connectivity index (χ0n) is 22.5.